The summed E-state index contributed by atoms with van der Waals surface area (Å²) in [5.41, 5.74) is -6.37. The normalized spacial score (nSPS) is 15.7. The van der Waals surface area contributed by atoms with Gasteiger partial charge < -0.3 is 40.9 Å². The fraction of sp³-hybridized carbons (Fsp3) is 0.647. The van der Waals surface area contributed by atoms with Gasteiger partial charge >= 0.3 is 118 Å². The van der Waals surface area contributed by atoms with Gasteiger partial charge in [0, 0.05) is 45.9 Å². The van der Waals surface area contributed by atoms with Gasteiger partial charge in [-0.3, -0.25) is 18.2 Å². The molecule has 520 valence electrons. The van der Waals surface area contributed by atoms with Gasteiger partial charge in [0.15, 0.2) is 0 Å². The second-order valence-corrected chi connectivity index (χ2v) is 31.4. The van der Waals surface area contributed by atoms with Crippen LogP contribution in [0.15, 0.2) is 24.3 Å². The zero-order valence-corrected chi connectivity index (χ0v) is 69.5. The molecule has 96 heavy (non-hydrogen) atoms. The van der Waals surface area contributed by atoms with Gasteiger partial charge in [0.1, 0.15) is 34.5 Å². The zero-order valence-electron chi connectivity index (χ0n) is 58.2. The van der Waals surface area contributed by atoms with Crippen LogP contribution in [0, 0.1) is 0 Å². The van der Waals surface area contributed by atoms with Crippen molar-refractivity contribution < 1.29 is 211 Å². The number of rotatable bonds is 40. The predicted octanol–water partition coefficient (Wildman–Crippen LogP) is 1.77. The Morgan fingerprint density at radius 1 is 0.271 bits per heavy atom. The van der Waals surface area contributed by atoms with Crippen LogP contribution < -0.4 is 139 Å². The number of benzene rings is 4. The molecule has 0 radical (unpaired) electrons. The first-order valence-electron chi connectivity index (χ1n) is 33.4. The molecule has 0 heterocycles. The minimum atomic E-state index is -5.28. The van der Waals surface area contributed by atoms with E-state index in [0.29, 0.717) is 51.4 Å². The van der Waals surface area contributed by atoms with Crippen LogP contribution in [-0.4, -0.2) is 72.3 Å². The summed E-state index contributed by atoms with van der Waals surface area (Å²) in [7, 11) is -21.0. The first kappa shape index (κ1) is 92.9. The Morgan fingerprint density at radius 2 is 0.427 bits per heavy atom. The third kappa shape index (κ3) is 28.2. The van der Waals surface area contributed by atoms with E-state index >= 15 is 20.4 Å². The summed E-state index contributed by atoms with van der Waals surface area (Å²) < 4.78 is 148. The van der Waals surface area contributed by atoms with E-state index in [-0.39, 0.29) is 192 Å². The third-order valence-electron chi connectivity index (χ3n) is 18.3. The number of phenols is 4. The van der Waals surface area contributed by atoms with Gasteiger partial charge in [-0.1, -0.05) is 220 Å². The monoisotopic (exact) mass is 1460 g/mol. The average molecular weight is 1460 g/mol. The van der Waals surface area contributed by atoms with Crippen LogP contribution in [0.3, 0.4) is 0 Å². The summed E-state index contributed by atoms with van der Waals surface area (Å²) in [4.78, 5) is 0. The van der Waals surface area contributed by atoms with E-state index in [9.17, 15) is 72.3 Å². The summed E-state index contributed by atoms with van der Waals surface area (Å²) in [6.45, 7) is 8.19. The summed E-state index contributed by atoms with van der Waals surface area (Å²) in [5.74, 6) is -20.8. The summed E-state index contributed by atoms with van der Waals surface area (Å²) >= 11 is 0. The van der Waals surface area contributed by atoms with E-state index in [2.05, 4.69) is 6.92 Å². The quantitative estimate of drug-likeness (QED) is 0.0179. The average Bonchev–Trinajstić information content (AvgIpc) is 0.743. The Bertz CT molecular complexity index is 2980. The molecule has 2 unspecified atom stereocenters. The molecule has 0 aromatic heterocycles. The molecule has 4 aromatic carbocycles. The van der Waals surface area contributed by atoms with E-state index < -0.39 is 178 Å². The first-order chi connectivity index (χ1) is 43.4. The number of hydrogen-bond donors (Lipinski definition) is 8. The van der Waals surface area contributed by atoms with Gasteiger partial charge in [-0.2, -0.15) is 33.7 Å². The third-order valence-corrected chi connectivity index (χ3v) is 20.9. The smallest absolute Gasteiger partial charge is 0.872 e. The maximum atomic E-state index is 15.5. The van der Waals surface area contributed by atoms with Crippen LogP contribution in [0.2, 0.25) is 0 Å². The topological polar surface area (TPSA) is 391 Å². The Hall–Kier alpha value is -1.08. The SMILES string of the molecule is CCCCCCCCCC1c2cc(c([O-])c(CS(=O)(=O)O)c2[O-])C(CCCCCCCCC)c2cc(c(O)c(CS(=O)(=O)O)c2O)C(CCCCCCCCC)c2cc(c(O)c(CS(=O)(=O)O)c2O)C(CCCCCCCCC)c2cc1c([O-])c(CS(=O)(=O)O)c2[O-].[Na+].[Na+].[Na+].[Na+]. The van der Waals surface area contributed by atoms with E-state index in [1.807, 2.05) is 20.8 Å². The van der Waals surface area contributed by atoms with Crippen molar-refractivity contribution in [2.24, 2.45) is 0 Å². The van der Waals surface area contributed by atoms with E-state index in [1.54, 1.807) is 0 Å². The largest absolute Gasteiger partial charge is 1.00 e. The van der Waals surface area contributed by atoms with Crippen molar-refractivity contribution >= 4 is 40.5 Å². The van der Waals surface area contributed by atoms with Crippen molar-refractivity contribution in [3.05, 3.63) is 91.0 Å². The minimum Gasteiger partial charge on any atom is -0.872 e. The minimum absolute atomic E-state index is 0. The number of aromatic hydroxyl groups is 4. The number of phenolic OH excluding ortho intramolecular Hbond substituents is 4. The summed E-state index contributed by atoms with van der Waals surface area (Å²) in [6, 6.07) is 4.81. The maximum Gasteiger partial charge on any atom is 1.00 e. The van der Waals surface area contributed by atoms with Crippen LogP contribution in [0.25, 0.3) is 0 Å². The van der Waals surface area contributed by atoms with E-state index in [1.165, 1.54) is 12.1 Å². The maximum absolute atomic E-state index is 15.5. The zero-order chi connectivity index (χ0) is 68.1. The molecule has 5 rings (SSSR count). The van der Waals surface area contributed by atoms with Crippen molar-refractivity contribution in [1.29, 1.82) is 0 Å². The molecule has 28 heteroatoms. The van der Waals surface area contributed by atoms with Crippen molar-refractivity contribution in [2.75, 3.05) is 0 Å². The van der Waals surface area contributed by atoms with Crippen molar-refractivity contribution in [2.45, 2.75) is 280 Å². The molecule has 4 aromatic rings. The molecule has 8 bridgehead atoms. The number of fused-ring (bicyclic) bond motifs is 8. The van der Waals surface area contributed by atoms with Crippen LogP contribution in [0.4, 0.5) is 0 Å². The molecule has 0 amide bonds. The first-order valence-corrected chi connectivity index (χ1v) is 39.9. The second-order valence-electron chi connectivity index (χ2n) is 25.6. The van der Waals surface area contributed by atoms with Crippen molar-refractivity contribution in [3.63, 3.8) is 0 Å². The molecule has 0 saturated heterocycles. The van der Waals surface area contributed by atoms with Crippen molar-refractivity contribution in [3.8, 4) is 46.0 Å². The molecule has 20 nitrogen and oxygen atoms in total. The molecular weight excluding hydrogens is 1360 g/mol. The van der Waals surface area contributed by atoms with E-state index in [0.717, 1.165) is 115 Å². The Balaban J connectivity index is 0.0000115. The van der Waals surface area contributed by atoms with Crippen molar-refractivity contribution in [1.82, 2.24) is 0 Å². The molecule has 0 fully saturated rings. The van der Waals surface area contributed by atoms with Gasteiger partial charge in [-0.15, -0.1) is 23.0 Å². The molecule has 0 aliphatic heterocycles. The standard InChI is InChI=1S/C68H104O20S4.4Na/c1-5-9-13-17-21-25-29-33-45-49-37-51(63(71)57(61(49)69)41-89(77,78)79)46(34-30-26-22-18-14-10-6-2)53-39-55(67(75)59(65(53)73)43-91(83,84)85)48(36-32-28-24-20-16-12-8-4)56-40-54(66(74)60(68(56)76)44-92(86,87)88)47(35-31-27-23-19-15-11-7-3)52-38-50(45)62(70)58(64(52)72)42-90(80,81)82;;;;/h37-40,45-48,69-76H,5-36,41-44H2,1-4H3,(H,77,78,79)(H,80,81,82)(H,83,84,85)(H,86,87,88);;;;/q;4*+1/p-4. The van der Waals surface area contributed by atoms with E-state index in [4.69, 9.17) is 0 Å². The van der Waals surface area contributed by atoms with Crippen LogP contribution in [0.5, 0.6) is 46.0 Å². The molecule has 8 N–H and O–H groups in total. The number of unbranched alkanes of at least 4 members (excludes halogenated alkanes) is 24. The fourth-order valence-corrected chi connectivity index (χ4v) is 16.1. The molecule has 0 spiro atoms. The summed E-state index contributed by atoms with van der Waals surface area (Å²) in [6.07, 6.45) is 19.4. The van der Waals surface area contributed by atoms with Gasteiger partial charge in [0.05, 0.1) is 22.6 Å². The summed E-state index contributed by atoms with van der Waals surface area (Å²) in [5, 5.41) is 113. The molecule has 1 aliphatic carbocycles. The predicted molar refractivity (Wildman–Crippen MR) is 349 cm³/mol. The molecule has 0 saturated carbocycles. The van der Waals surface area contributed by atoms with Gasteiger partial charge in [-0.25, -0.2) is 0 Å². The molecule has 1 aliphatic rings. The Labute approximate surface area is 660 Å². The fourth-order valence-electron chi connectivity index (χ4n) is 13.5. The molecule has 2 atom stereocenters. The number of hydrogen-bond acceptors (Lipinski definition) is 16. The Morgan fingerprint density at radius 3 is 0.625 bits per heavy atom. The van der Waals surface area contributed by atoms with Gasteiger partial charge in [0.2, 0.25) is 0 Å². The Kier molecular flexibility index (Phi) is 43.1. The van der Waals surface area contributed by atoms with Gasteiger partial charge in [-0.05, 0) is 71.2 Å². The molecular formula is C68H100Na4O20S4. The second kappa shape index (κ2) is 44.5. The van der Waals surface area contributed by atoms with Gasteiger partial charge in [0.25, 0.3) is 40.5 Å². The van der Waals surface area contributed by atoms with Crippen LogP contribution >= 0.6 is 0 Å². The van der Waals surface area contributed by atoms with Crippen LogP contribution in [-0.2, 0) is 63.5 Å². The van der Waals surface area contributed by atoms with Crippen LogP contribution in [0.1, 0.15) is 324 Å².